The number of anilines is 1. The summed E-state index contributed by atoms with van der Waals surface area (Å²) >= 11 is 3.42. The van der Waals surface area contributed by atoms with Crippen molar-refractivity contribution in [1.29, 1.82) is 0 Å². The number of piperazine rings is 1. The second-order valence-corrected chi connectivity index (χ2v) is 4.76. The molecule has 0 bridgehead atoms. The highest BCUT2D eigenvalue weighted by Gasteiger charge is 2.18. The Morgan fingerprint density at radius 1 is 1.21 bits per heavy atom. The highest BCUT2D eigenvalue weighted by atomic mass is 79.9. The van der Waals surface area contributed by atoms with Gasteiger partial charge >= 0.3 is 0 Å². The van der Waals surface area contributed by atoms with Crippen molar-refractivity contribution >= 4 is 57.7 Å². The van der Waals surface area contributed by atoms with Gasteiger partial charge in [-0.15, -0.1) is 24.8 Å². The van der Waals surface area contributed by atoms with Gasteiger partial charge in [-0.2, -0.15) is 0 Å². The predicted molar refractivity (Wildman–Crippen MR) is 83.6 cm³/mol. The number of hydrogen-bond acceptors (Lipinski definition) is 5. The van der Waals surface area contributed by atoms with Crippen molar-refractivity contribution in [3.8, 4) is 0 Å². The zero-order valence-electron chi connectivity index (χ0n) is 10.3. The highest BCUT2D eigenvalue weighted by Crippen LogP contribution is 2.24. The van der Waals surface area contributed by atoms with Crippen LogP contribution in [0.25, 0.3) is 11.2 Å². The molecule has 0 amide bonds. The molecule has 106 valence electrons. The lowest BCUT2D eigenvalue weighted by Crippen LogP contribution is -2.44. The van der Waals surface area contributed by atoms with E-state index in [1.807, 2.05) is 11.6 Å². The number of aromatic nitrogens is 4. The van der Waals surface area contributed by atoms with Crippen LogP contribution in [-0.2, 0) is 7.05 Å². The predicted octanol–water partition coefficient (Wildman–Crippen LogP) is 1.38. The Morgan fingerprint density at radius 3 is 2.58 bits per heavy atom. The molecule has 1 aliphatic rings. The third-order valence-corrected chi connectivity index (χ3v) is 3.71. The molecular weight excluding hydrogens is 355 g/mol. The molecule has 6 nitrogen and oxygen atoms in total. The molecule has 0 radical (unpaired) electrons. The average molecular weight is 370 g/mol. The van der Waals surface area contributed by atoms with Gasteiger partial charge in [0.05, 0.1) is 0 Å². The van der Waals surface area contributed by atoms with Crippen molar-refractivity contribution in [2.24, 2.45) is 7.05 Å². The number of hydrogen-bond donors (Lipinski definition) is 1. The first-order chi connectivity index (χ1) is 8.27. The van der Waals surface area contributed by atoms with Crippen LogP contribution in [0.1, 0.15) is 0 Å². The molecular formula is C10H15BrCl2N6. The minimum atomic E-state index is 0. The summed E-state index contributed by atoms with van der Waals surface area (Å²) in [6.45, 7) is 3.89. The summed E-state index contributed by atoms with van der Waals surface area (Å²) in [4.78, 5) is 15.4. The van der Waals surface area contributed by atoms with E-state index in [1.54, 1.807) is 6.33 Å². The number of halogens is 3. The normalized spacial score (nSPS) is 14.9. The molecule has 1 fully saturated rings. The Hall–Kier alpha value is -0.630. The second-order valence-electron chi connectivity index (χ2n) is 4.05. The van der Waals surface area contributed by atoms with E-state index in [0.29, 0.717) is 0 Å². The zero-order chi connectivity index (χ0) is 11.8. The lowest BCUT2D eigenvalue weighted by atomic mass is 10.3. The fourth-order valence-electron chi connectivity index (χ4n) is 2.07. The van der Waals surface area contributed by atoms with Gasteiger partial charge < -0.3 is 14.8 Å². The molecule has 9 heteroatoms. The molecule has 0 aliphatic carbocycles. The van der Waals surface area contributed by atoms with Gasteiger partial charge in [0.2, 0.25) is 0 Å². The maximum Gasteiger partial charge on any atom is 0.179 e. The molecule has 1 saturated heterocycles. The third kappa shape index (κ3) is 2.94. The molecule has 0 aromatic carbocycles. The molecule has 3 rings (SSSR count). The lowest BCUT2D eigenvalue weighted by Gasteiger charge is -2.28. The quantitative estimate of drug-likeness (QED) is 0.769. The van der Waals surface area contributed by atoms with Crippen LogP contribution in [0.15, 0.2) is 11.1 Å². The number of nitrogens with one attached hydrogen (secondary N) is 1. The van der Waals surface area contributed by atoms with Crippen LogP contribution < -0.4 is 10.2 Å². The van der Waals surface area contributed by atoms with E-state index in [2.05, 4.69) is 41.1 Å². The minimum Gasteiger partial charge on any atom is -0.352 e. The van der Waals surface area contributed by atoms with Gasteiger partial charge in [0, 0.05) is 33.2 Å². The van der Waals surface area contributed by atoms with Crippen molar-refractivity contribution in [3.05, 3.63) is 11.1 Å². The van der Waals surface area contributed by atoms with Gasteiger partial charge in [-0.1, -0.05) is 0 Å². The molecule has 1 aliphatic heterocycles. The standard InChI is InChI=1S/C10H13BrN6.2ClH/c1-16-8-7(15-10(16)11)9(14-6-13-8)17-4-2-12-3-5-17;;/h6,12H,2-5H2,1H3;2*1H. The van der Waals surface area contributed by atoms with Crippen LogP contribution in [0.5, 0.6) is 0 Å². The number of fused-ring (bicyclic) bond motifs is 1. The van der Waals surface area contributed by atoms with Gasteiger partial charge in [0.1, 0.15) is 6.33 Å². The number of imidazole rings is 1. The molecule has 2 aromatic heterocycles. The Kier molecular flexibility index (Phi) is 5.79. The fraction of sp³-hybridized carbons (Fsp3) is 0.500. The van der Waals surface area contributed by atoms with Crippen LogP contribution in [0.3, 0.4) is 0 Å². The van der Waals surface area contributed by atoms with E-state index in [0.717, 1.165) is 47.9 Å². The van der Waals surface area contributed by atoms with Gasteiger partial charge in [-0.3, -0.25) is 0 Å². The summed E-state index contributed by atoms with van der Waals surface area (Å²) in [7, 11) is 1.94. The molecule has 0 unspecified atom stereocenters. The zero-order valence-corrected chi connectivity index (χ0v) is 13.6. The van der Waals surface area contributed by atoms with Crippen LogP contribution in [0.2, 0.25) is 0 Å². The van der Waals surface area contributed by atoms with Gasteiger partial charge in [0.25, 0.3) is 0 Å². The van der Waals surface area contributed by atoms with Crippen molar-refractivity contribution in [3.63, 3.8) is 0 Å². The maximum atomic E-state index is 4.48. The van der Waals surface area contributed by atoms with E-state index in [9.17, 15) is 0 Å². The van der Waals surface area contributed by atoms with Gasteiger partial charge in [-0.05, 0) is 15.9 Å². The van der Waals surface area contributed by atoms with Gasteiger partial charge in [0.15, 0.2) is 21.7 Å². The fourth-order valence-corrected chi connectivity index (χ4v) is 2.41. The number of aryl methyl sites for hydroxylation is 1. The number of nitrogens with zero attached hydrogens (tertiary/aromatic N) is 5. The molecule has 1 N–H and O–H groups in total. The molecule has 2 aromatic rings. The summed E-state index contributed by atoms with van der Waals surface area (Å²) in [5, 5.41) is 3.33. The summed E-state index contributed by atoms with van der Waals surface area (Å²) in [5.74, 6) is 0.929. The van der Waals surface area contributed by atoms with E-state index >= 15 is 0 Å². The monoisotopic (exact) mass is 368 g/mol. The SMILES string of the molecule is Cl.Cl.Cn1c(Br)nc2c(N3CCNCC3)ncnc21. The largest absolute Gasteiger partial charge is 0.352 e. The third-order valence-electron chi connectivity index (χ3n) is 3.00. The lowest BCUT2D eigenvalue weighted by molar-refractivity contribution is 0.586. The summed E-state index contributed by atoms with van der Waals surface area (Å²) < 4.78 is 2.70. The van der Waals surface area contributed by atoms with E-state index in [-0.39, 0.29) is 24.8 Å². The Bertz CT molecular complexity index is 554. The first kappa shape index (κ1) is 16.4. The van der Waals surface area contributed by atoms with Gasteiger partial charge in [-0.25, -0.2) is 15.0 Å². The topological polar surface area (TPSA) is 58.9 Å². The maximum absolute atomic E-state index is 4.48. The smallest absolute Gasteiger partial charge is 0.179 e. The first-order valence-electron chi connectivity index (χ1n) is 5.56. The Morgan fingerprint density at radius 2 is 1.89 bits per heavy atom. The second kappa shape index (κ2) is 6.69. The van der Waals surface area contributed by atoms with Crippen molar-refractivity contribution in [2.45, 2.75) is 0 Å². The molecule has 0 saturated carbocycles. The van der Waals surface area contributed by atoms with Crippen molar-refractivity contribution in [1.82, 2.24) is 24.8 Å². The number of rotatable bonds is 1. The Labute approximate surface area is 131 Å². The molecule has 0 atom stereocenters. The summed E-state index contributed by atoms with van der Waals surface area (Å²) in [6.07, 6.45) is 1.60. The average Bonchev–Trinajstić information content (AvgIpc) is 2.67. The van der Waals surface area contributed by atoms with Crippen molar-refractivity contribution in [2.75, 3.05) is 31.1 Å². The van der Waals surface area contributed by atoms with E-state index < -0.39 is 0 Å². The molecule has 0 spiro atoms. The van der Waals surface area contributed by atoms with Crippen LogP contribution >= 0.6 is 40.7 Å². The van der Waals surface area contributed by atoms with Crippen molar-refractivity contribution < 1.29 is 0 Å². The Balaban J connectivity index is 0.000000902. The summed E-state index contributed by atoms with van der Waals surface area (Å²) in [5.41, 5.74) is 1.73. The van der Waals surface area contributed by atoms with E-state index in [4.69, 9.17) is 0 Å². The summed E-state index contributed by atoms with van der Waals surface area (Å²) in [6, 6.07) is 0. The highest BCUT2D eigenvalue weighted by molar-refractivity contribution is 9.10. The minimum absolute atomic E-state index is 0. The van der Waals surface area contributed by atoms with Crippen LogP contribution in [0, 0.1) is 0 Å². The molecule has 3 heterocycles. The van der Waals surface area contributed by atoms with Crippen LogP contribution in [-0.4, -0.2) is 45.7 Å². The van der Waals surface area contributed by atoms with Crippen LogP contribution in [0.4, 0.5) is 5.82 Å². The van der Waals surface area contributed by atoms with E-state index in [1.165, 1.54) is 0 Å². The first-order valence-corrected chi connectivity index (χ1v) is 6.35. The molecule has 19 heavy (non-hydrogen) atoms.